The first kappa shape index (κ1) is 17.4. The van der Waals surface area contributed by atoms with Gasteiger partial charge in [-0.1, -0.05) is 18.5 Å². The summed E-state index contributed by atoms with van der Waals surface area (Å²) in [6, 6.07) is 7.81. The van der Waals surface area contributed by atoms with Crippen LogP contribution in [0.4, 0.5) is 5.69 Å². The Bertz CT molecular complexity index is 433. The van der Waals surface area contributed by atoms with Crippen molar-refractivity contribution in [3.8, 4) is 0 Å². The summed E-state index contributed by atoms with van der Waals surface area (Å²) >= 11 is 5.87. The average molecular weight is 289 g/mol. The quantitative estimate of drug-likeness (QED) is 0.593. The number of hydrogen-bond donors (Lipinski definition) is 0. The van der Waals surface area contributed by atoms with Crippen LogP contribution < -0.4 is 28.9 Å². The van der Waals surface area contributed by atoms with Crippen LogP contribution in [0.2, 0.25) is 5.02 Å². The maximum Gasteiger partial charge on any atom is 1.00 e. The summed E-state index contributed by atoms with van der Waals surface area (Å²) in [5, 5.41) is 11.5. The van der Waals surface area contributed by atoms with E-state index in [2.05, 4.69) is 9.80 Å². The maximum atomic E-state index is 10.7. The number of halogens is 1. The number of nitrogens with zero attached hydrogens (tertiary/aromatic N) is 2. The zero-order valence-electron chi connectivity index (χ0n) is 12.0. The number of carbonyl (C=O) groups is 1. The molecule has 1 saturated heterocycles. The number of carboxylic acids is 1. The van der Waals surface area contributed by atoms with Crippen molar-refractivity contribution < 1.29 is 28.8 Å². The minimum absolute atomic E-state index is 0. The van der Waals surface area contributed by atoms with Crippen LogP contribution in [0.25, 0.3) is 0 Å². The molecule has 0 radical (unpaired) electrons. The molecule has 20 heavy (non-hydrogen) atoms. The Kier molecular flexibility index (Phi) is 6.91. The molecule has 2 rings (SSSR count). The molecule has 1 fully saturated rings. The monoisotopic (exact) mass is 288 g/mol. The molecule has 104 valence electrons. The zero-order chi connectivity index (χ0) is 13.8. The standard InChI is InChI=1S/C14H19ClN2O2.Li/c1-11(14(18)19)10-16-6-8-17(9-7-16)13-4-2-12(15)3-5-13;/h2-5,11H,6-10H2,1H3,(H,18,19);/q;+1/p-1. The second-order valence-electron chi connectivity index (χ2n) is 4.98. The second kappa shape index (κ2) is 7.95. The van der Waals surface area contributed by atoms with Crippen LogP contribution in [0.3, 0.4) is 0 Å². The van der Waals surface area contributed by atoms with E-state index in [0.717, 1.165) is 36.9 Å². The van der Waals surface area contributed by atoms with E-state index in [-0.39, 0.29) is 18.9 Å². The van der Waals surface area contributed by atoms with Gasteiger partial charge in [0.15, 0.2) is 0 Å². The summed E-state index contributed by atoms with van der Waals surface area (Å²) in [7, 11) is 0. The summed E-state index contributed by atoms with van der Waals surface area (Å²) in [6.07, 6.45) is 0. The first-order valence-corrected chi connectivity index (χ1v) is 6.88. The van der Waals surface area contributed by atoms with Crippen molar-refractivity contribution in [3.05, 3.63) is 29.3 Å². The predicted molar refractivity (Wildman–Crippen MR) is 74.3 cm³/mol. The minimum atomic E-state index is -0.972. The van der Waals surface area contributed by atoms with Crippen LogP contribution in [0, 0.1) is 5.92 Å². The summed E-state index contributed by atoms with van der Waals surface area (Å²) in [4.78, 5) is 15.2. The molecular weight excluding hydrogens is 271 g/mol. The third-order valence-corrected chi connectivity index (χ3v) is 3.75. The number of aliphatic carboxylic acids is 1. The number of carboxylic acid groups (broad SMARTS) is 1. The van der Waals surface area contributed by atoms with Gasteiger partial charge >= 0.3 is 18.9 Å². The fraction of sp³-hybridized carbons (Fsp3) is 0.500. The van der Waals surface area contributed by atoms with Crippen molar-refractivity contribution in [1.29, 1.82) is 0 Å². The first-order chi connectivity index (χ1) is 9.06. The van der Waals surface area contributed by atoms with Crippen molar-refractivity contribution in [2.24, 2.45) is 5.92 Å². The van der Waals surface area contributed by atoms with E-state index in [9.17, 15) is 9.90 Å². The van der Waals surface area contributed by atoms with Gasteiger partial charge in [0.2, 0.25) is 0 Å². The van der Waals surface area contributed by atoms with E-state index >= 15 is 0 Å². The molecule has 0 saturated carbocycles. The molecular formula is C14H18ClLiN2O2. The molecule has 0 amide bonds. The molecule has 1 aliphatic heterocycles. The van der Waals surface area contributed by atoms with Crippen molar-refractivity contribution in [1.82, 2.24) is 4.90 Å². The molecule has 1 aromatic rings. The summed E-state index contributed by atoms with van der Waals surface area (Å²) < 4.78 is 0. The summed E-state index contributed by atoms with van der Waals surface area (Å²) in [6.45, 7) is 5.82. The van der Waals surface area contributed by atoms with Gasteiger partial charge in [-0.2, -0.15) is 0 Å². The van der Waals surface area contributed by atoms with Crippen molar-refractivity contribution in [2.75, 3.05) is 37.6 Å². The number of rotatable bonds is 4. The van der Waals surface area contributed by atoms with Gasteiger partial charge < -0.3 is 14.8 Å². The molecule has 1 atom stereocenters. The van der Waals surface area contributed by atoms with Crippen LogP contribution >= 0.6 is 11.6 Å². The molecule has 0 N–H and O–H groups in total. The average Bonchev–Trinajstić information content (AvgIpc) is 2.40. The van der Waals surface area contributed by atoms with Crippen LogP contribution in [0.15, 0.2) is 24.3 Å². The molecule has 0 bridgehead atoms. The van der Waals surface area contributed by atoms with Gasteiger partial charge in [-0.3, -0.25) is 4.90 Å². The Morgan fingerprint density at radius 3 is 2.30 bits per heavy atom. The van der Waals surface area contributed by atoms with Crippen LogP contribution in [0.5, 0.6) is 0 Å². The minimum Gasteiger partial charge on any atom is -0.550 e. The number of piperazine rings is 1. The smallest absolute Gasteiger partial charge is 0.550 e. The van der Waals surface area contributed by atoms with Gasteiger partial charge in [-0.25, -0.2) is 0 Å². The normalized spacial score (nSPS) is 17.4. The molecule has 0 aliphatic carbocycles. The van der Waals surface area contributed by atoms with E-state index in [0.29, 0.717) is 6.54 Å². The zero-order valence-corrected chi connectivity index (χ0v) is 12.8. The Hall–Kier alpha value is -0.663. The van der Waals surface area contributed by atoms with Crippen molar-refractivity contribution in [2.45, 2.75) is 6.92 Å². The van der Waals surface area contributed by atoms with Gasteiger partial charge in [-0.05, 0) is 24.3 Å². The van der Waals surface area contributed by atoms with E-state index in [1.54, 1.807) is 6.92 Å². The molecule has 1 heterocycles. The van der Waals surface area contributed by atoms with E-state index < -0.39 is 11.9 Å². The largest absolute Gasteiger partial charge is 1.00 e. The van der Waals surface area contributed by atoms with Crippen LogP contribution in [-0.2, 0) is 4.79 Å². The molecule has 6 heteroatoms. The maximum absolute atomic E-state index is 10.7. The molecule has 1 aliphatic rings. The summed E-state index contributed by atoms with van der Waals surface area (Å²) in [5.41, 5.74) is 1.16. The molecule has 4 nitrogen and oxygen atoms in total. The molecule has 0 aromatic heterocycles. The molecule has 0 spiro atoms. The van der Waals surface area contributed by atoms with E-state index in [1.165, 1.54) is 0 Å². The number of hydrogen-bond acceptors (Lipinski definition) is 4. The van der Waals surface area contributed by atoms with Gasteiger partial charge in [0, 0.05) is 55.3 Å². The van der Waals surface area contributed by atoms with Gasteiger partial charge in [0.25, 0.3) is 0 Å². The van der Waals surface area contributed by atoms with Gasteiger partial charge in [0.05, 0.1) is 0 Å². The van der Waals surface area contributed by atoms with Crippen molar-refractivity contribution >= 4 is 23.3 Å². The van der Waals surface area contributed by atoms with Crippen LogP contribution in [0.1, 0.15) is 6.92 Å². The molecule has 1 aromatic carbocycles. The Labute approximate surface area is 136 Å². The first-order valence-electron chi connectivity index (χ1n) is 6.50. The van der Waals surface area contributed by atoms with Gasteiger partial charge in [0.1, 0.15) is 0 Å². The SMILES string of the molecule is CC(CN1CCN(c2ccc(Cl)cc2)CC1)C(=O)[O-].[Li+]. The Morgan fingerprint density at radius 2 is 1.80 bits per heavy atom. The second-order valence-corrected chi connectivity index (χ2v) is 5.42. The van der Waals surface area contributed by atoms with E-state index in [1.807, 2.05) is 24.3 Å². The number of benzene rings is 1. The topological polar surface area (TPSA) is 46.6 Å². The van der Waals surface area contributed by atoms with Gasteiger partial charge in [-0.15, -0.1) is 0 Å². The fourth-order valence-electron chi connectivity index (χ4n) is 2.30. The van der Waals surface area contributed by atoms with Crippen LogP contribution in [-0.4, -0.2) is 43.6 Å². The summed E-state index contributed by atoms with van der Waals surface area (Å²) in [5.74, 6) is -1.39. The Balaban J connectivity index is 0.00000200. The predicted octanol–water partition coefficient (Wildman–Crippen LogP) is -2.15. The third-order valence-electron chi connectivity index (χ3n) is 3.50. The van der Waals surface area contributed by atoms with Crippen molar-refractivity contribution in [3.63, 3.8) is 0 Å². The molecule has 1 unspecified atom stereocenters. The van der Waals surface area contributed by atoms with E-state index in [4.69, 9.17) is 11.6 Å². The number of carbonyl (C=O) groups excluding carboxylic acids is 1. The third kappa shape index (κ3) is 4.71. The Morgan fingerprint density at radius 1 is 1.25 bits per heavy atom. The fourth-order valence-corrected chi connectivity index (χ4v) is 2.43. The number of anilines is 1.